The molecule has 0 bridgehead atoms. The van der Waals surface area contributed by atoms with Gasteiger partial charge in [0.25, 0.3) is 0 Å². The maximum Gasteiger partial charge on any atom is 0.193 e. The first kappa shape index (κ1) is 38.6. The molecular weight excluding hydrogens is 641 g/mol. The zero-order chi connectivity index (χ0) is 37.0. The summed E-state index contributed by atoms with van der Waals surface area (Å²) in [6.45, 7) is 20.9. The van der Waals surface area contributed by atoms with E-state index in [0.29, 0.717) is 11.8 Å². The van der Waals surface area contributed by atoms with Crippen LogP contribution in [0.1, 0.15) is 99.1 Å². The maximum atomic E-state index is 13.2. The van der Waals surface area contributed by atoms with Crippen molar-refractivity contribution in [3.05, 3.63) is 119 Å². The number of ketones is 2. The van der Waals surface area contributed by atoms with Gasteiger partial charge in [0.1, 0.15) is 0 Å². The fourth-order valence-corrected chi connectivity index (χ4v) is 7.86. The summed E-state index contributed by atoms with van der Waals surface area (Å²) in [5.41, 5.74) is 7.61. The summed E-state index contributed by atoms with van der Waals surface area (Å²) in [7, 11) is 0. The van der Waals surface area contributed by atoms with Crippen LogP contribution in [0.3, 0.4) is 0 Å². The Kier molecular flexibility index (Phi) is 14.0. The Morgan fingerprint density at radius 3 is 0.808 bits per heavy atom. The predicted molar refractivity (Wildman–Crippen MR) is 221 cm³/mol. The molecule has 0 aromatic heterocycles. The van der Waals surface area contributed by atoms with Gasteiger partial charge in [-0.1, -0.05) is 0 Å². The number of hydrogen-bond donors (Lipinski definition) is 0. The largest absolute Gasteiger partial charge is 0.372 e. The average molecular weight is 701 g/mol. The van der Waals surface area contributed by atoms with Crippen molar-refractivity contribution in [3.8, 4) is 0 Å². The van der Waals surface area contributed by atoms with Crippen LogP contribution in [0.4, 0.5) is 22.7 Å². The van der Waals surface area contributed by atoms with Crippen molar-refractivity contribution < 1.29 is 9.59 Å². The highest BCUT2D eigenvalue weighted by Gasteiger charge is 2.25. The third-order valence-corrected chi connectivity index (χ3v) is 11.2. The number of rotatable bonds is 18. The van der Waals surface area contributed by atoms with Crippen molar-refractivity contribution in [2.45, 2.75) is 67.2 Å². The average Bonchev–Trinajstić information content (AvgIpc) is 3.20. The molecule has 0 atom stereocenters. The van der Waals surface area contributed by atoms with Crippen molar-refractivity contribution in [2.75, 3.05) is 72.0 Å². The van der Waals surface area contributed by atoms with Crippen LogP contribution in [-0.2, 0) is 0 Å². The second kappa shape index (κ2) is 18.8. The van der Waals surface area contributed by atoms with Crippen LogP contribution in [0.15, 0.2) is 97.1 Å². The summed E-state index contributed by atoms with van der Waals surface area (Å²) < 4.78 is 0. The van der Waals surface area contributed by atoms with Gasteiger partial charge >= 0.3 is 0 Å². The van der Waals surface area contributed by atoms with Gasteiger partial charge in [-0.2, -0.15) is 0 Å². The quantitative estimate of drug-likeness (QED) is 0.0964. The first-order chi connectivity index (χ1) is 25.3. The van der Waals surface area contributed by atoms with Gasteiger partial charge in [-0.3, -0.25) is 9.59 Å². The van der Waals surface area contributed by atoms with Crippen LogP contribution in [-0.4, -0.2) is 63.9 Å². The third kappa shape index (κ3) is 9.44. The summed E-state index contributed by atoms with van der Waals surface area (Å²) in [5.74, 6) is 1.48. The minimum atomic E-state index is 0.0706. The van der Waals surface area contributed by atoms with Crippen LogP contribution in [0, 0.1) is 11.8 Å². The summed E-state index contributed by atoms with van der Waals surface area (Å²) in [6, 6.07) is 32.4. The maximum absolute atomic E-state index is 13.2. The van der Waals surface area contributed by atoms with E-state index in [1.165, 1.54) is 37.1 Å². The number of carbonyl (C=O) groups excluding carboxylic acids is 2. The lowest BCUT2D eigenvalue weighted by Crippen LogP contribution is -2.35. The van der Waals surface area contributed by atoms with Crippen molar-refractivity contribution in [3.63, 3.8) is 0 Å². The summed E-state index contributed by atoms with van der Waals surface area (Å²) >= 11 is 0. The lowest BCUT2D eigenvalue weighted by molar-refractivity contribution is 0.103. The summed E-state index contributed by atoms with van der Waals surface area (Å²) in [5, 5.41) is 0. The SMILES string of the molecule is CCN(CC)c1ccc(C(=O)c2ccc(N(CC)CC3CCC(CN(CC)c4ccc(C(=O)c5ccc(N(CC)CC)cc5)cc4)CC3)cc2)cc1. The molecule has 0 N–H and O–H groups in total. The molecule has 0 radical (unpaired) electrons. The molecule has 4 aromatic carbocycles. The smallest absolute Gasteiger partial charge is 0.193 e. The number of carbonyl (C=O) groups is 2. The highest BCUT2D eigenvalue weighted by atomic mass is 16.1. The normalized spacial score (nSPS) is 15.6. The van der Waals surface area contributed by atoms with E-state index in [2.05, 4.69) is 110 Å². The molecule has 1 saturated carbocycles. The Bertz CT molecular complexity index is 1550. The highest BCUT2D eigenvalue weighted by molar-refractivity contribution is 6.10. The minimum absolute atomic E-state index is 0.0706. The number of anilines is 4. The van der Waals surface area contributed by atoms with E-state index >= 15 is 0 Å². The first-order valence-corrected chi connectivity index (χ1v) is 19.8. The Morgan fingerprint density at radius 1 is 0.385 bits per heavy atom. The third-order valence-electron chi connectivity index (χ3n) is 11.2. The molecule has 0 saturated heterocycles. The molecule has 52 heavy (non-hydrogen) atoms. The first-order valence-electron chi connectivity index (χ1n) is 19.8. The Balaban J connectivity index is 1.11. The second-order valence-corrected chi connectivity index (χ2v) is 14.2. The minimum Gasteiger partial charge on any atom is -0.372 e. The lowest BCUT2D eigenvalue weighted by atomic mass is 9.81. The molecule has 0 aliphatic heterocycles. The van der Waals surface area contributed by atoms with Crippen LogP contribution >= 0.6 is 0 Å². The molecule has 5 rings (SSSR count). The van der Waals surface area contributed by atoms with Crippen LogP contribution in [0.25, 0.3) is 0 Å². The standard InChI is InChI=1S/C46H60N4O2/c1-7-47(8-2)41-25-17-37(18-26-41)45(51)39-21-29-43(30-22-39)49(11-5)33-35-13-15-36(16-14-35)34-50(12-6)44-31-23-40(24-32-44)46(52)38-19-27-42(28-20-38)48(9-3)10-4/h17-32,35-36H,7-16,33-34H2,1-6H3. The summed E-state index contributed by atoms with van der Waals surface area (Å²) in [6.07, 6.45) is 4.94. The molecule has 0 spiro atoms. The van der Waals surface area contributed by atoms with E-state index in [1.54, 1.807) is 0 Å². The molecule has 1 aliphatic carbocycles. The van der Waals surface area contributed by atoms with Crippen molar-refractivity contribution in [2.24, 2.45) is 11.8 Å². The van der Waals surface area contributed by atoms with Gasteiger partial charge in [-0.05, 0) is 176 Å². The predicted octanol–water partition coefficient (Wildman–Crippen LogP) is 10.0. The molecule has 6 nitrogen and oxygen atoms in total. The topological polar surface area (TPSA) is 47.1 Å². The highest BCUT2D eigenvalue weighted by Crippen LogP contribution is 2.32. The molecule has 276 valence electrons. The van der Waals surface area contributed by atoms with Gasteiger partial charge in [-0.15, -0.1) is 0 Å². The fraction of sp³-hybridized carbons (Fsp3) is 0.435. The molecule has 6 heteroatoms. The van der Waals surface area contributed by atoms with E-state index in [4.69, 9.17) is 0 Å². The van der Waals surface area contributed by atoms with E-state index < -0.39 is 0 Å². The van der Waals surface area contributed by atoms with E-state index in [9.17, 15) is 9.59 Å². The van der Waals surface area contributed by atoms with Gasteiger partial charge in [0.2, 0.25) is 0 Å². The molecule has 0 amide bonds. The zero-order valence-electron chi connectivity index (χ0n) is 32.5. The Hall–Kier alpha value is -4.58. The van der Waals surface area contributed by atoms with Crippen molar-refractivity contribution >= 4 is 34.3 Å². The van der Waals surface area contributed by atoms with E-state index in [1.807, 2.05) is 48.5 Å². The fourth-order valence-electron chi connectivity index (χ4n) is 7.86. The van der Waals surface area contributed by atoms with Gasteiger partial charge in [0.15, 0.2) is 11.6 Å². The molecule has 0 heterocycles. The molecular formula is C46H60N4O2. The van der Waals surface area contributed by atoms with Crippen LogP contribution in [0.5, 0.6) is 0 Å². The molecule has 1 fully saturated rings. The van der Waals surface area contributed by atoms with Gasteiger partial charge in [-0.25, -0.2) is 0 Å². The summed E-state index contributed by atoms with van der Waals surface area (Å²) in [4.78, 5) is 36.0. The number of nitrogens with zero attached hydrogens (tertiary/aromatic N) is 4. The Labute approximate surface area is 313 Å². The molecule has 1 aliphatic rings. The number of benzene rings is 4. The Morgan fingerprint density at radius 2 is 0.596 bits per heavy atom. The van der Waals surface area contributed by atoms with Gasteiger partial charge in [0.05, 0.1) is 0 Å². The van der Waals surface area contributed by atoms with E-state index in [-0.39, 0.29) is 11.6 Å². The zero-order valence-corrected chi connectivity index (χ0v) is 32.5. The van der Waals surface area contributed by atoms with Crippen molar-refractivity contribution in [1.82, 2.24) is 0 Å². The molecule has 4 aromatic rings. The second-order valence-electron chi connectivity index (χ2n) is 14.2. The van der Waals surface area contributed by atoms with E-state index in [0.717, 1.165) is 86.0 Å². The van der Waals surface area contributed by atoms with Crippen molar-refractivity contribution in [1.29, 1.82) is 0 Å². The van der Waals surface area contributed by atoms with Crippen LogP contribution < -0.4 is 19.6 Å². The van der Waals surface area contributed by atoms with Gasteiger partial charge < -0.3 is 19.6 Å². The number of hydrogen-bond acceptors (Lipinski definition) is 6. The van der Waals surface area contributed by atoms with Crippen LogP contribution in [0.2, 0.25) is 0 Å². The van der Waals surface area contributed by atoms with Gasteiger partial charge in [0, 0.05) is 97.4 Å². The monoisotopic (exact) mass is 700 g/mol. The molecule has 0 unspecified atom stereocenters. The lowest BCUT2D eigenvalue weighted by Gasteiger charge is -2.36.